The summed E-state index contributed by atoms with van der Waals surface area (Å²) in [6.07, 6.45) is 3.55. The fraction of sp³-hybridized carbons (Fsp3) is 0.294. The highest BCUT2D eigenvalue weighted by atomic mass is 16.4. The van der Waals surface area contributed by atoms with Crippen molar-refractivity contribution >= 4 is 17.7 Å². The van der Waals surface area contributed by atoms with E-state index in [-0.39, 0.29) is 11.6 Å². The van der Waals surface area contributed by atoms with Gasteiger partial charge in [-0.3, -0.25) is 4.79 Å². The number of carboxylic acids is 1. The lowest BCUT2D eigenvalue weighted by atomic mass is 10.2. The van der Waals surface area contributed by atoms with Gasteiger partial charge in [-0.1, -0.05) is 18.2 Å². The van der Waals surface area contributed by atoms with Gasteiger partial charge in [-0.15, -0.1) is 0 Å². The largest absolute Gasteiger partial charge is 0.476 e. The number of carboxylic acid groups (broad SMARTS) is 1. The van der Waals surface area contributed by atoms with Gasteiger partial charge in [0.15, 0.2) is 5.69 Å². The molecule has 0 atom stereocenters. The first-order valence-corrected chi connectivity index (χ1v) is 7.80. The second kappa shape index (κ2) is 7.08. The van der Waals surface area contributed by atoms with Crippen LogP contribution in [0.4, 0.5) is 5.82 Å². The molecule has 0 bridgehead atoms. The number of amides is 1. The zero-order valence-electron chi connectivity index (χ0n) is 13.1. The molecule has 0 unspecified atom stereocenters. The Balaban J connectivity index is 1.66. The van der Waals surface area contributed by atoms with Crippen molar-refractivity contribution in [1.82, 2.24) is 14.9 Å². The smallest absolute Gasteiger partial charge is 0.356 e. The Hall–Kier alpha value is -2.96. The van der Waals surface area contributed by atoms with Crippen molar-refractivity contribution in [3.8, 4) is 0 Å². The van der Waals surface area contributed by atoms with Crippen molar-refractivity contribution in [1.29, 1.82) is 0 Å². The van der Waals surface area contributed by atoms with Crippen molar-refractivity contribution in [3.63, 3.8) is 0 Å². The van der Waals surface area contributed by atoms with Gasteiger partial charge in [0.2, 0.25) is 0 Å². The molecular weight excluding hydrogens is 308 g/mol. The quantitative estimate of drug-likeness (QED) is 0.920. The van der Waals surface area contributed by atoms with Gasteiger partial charge in [0.1, 0.15) is 5.82 Å². The number of benzene rings is 1. The summed E-state index contributed by atoms with van der Waals surface area (Å²) in [5.41, 5.74) is 0.617. The van der Waals surface area contributed by atoms with Crippen molar-refractivity contribution in [2.45, 2.75) is 6.42 Å². The highest BCUT2D eigenvalue weighted by Crippen LogP contribution is 2.14. The third-order valence-corrected chi connectivity index (χ3v) is 3.99. The number of carbonyl (C=O) groups is 2. The molecule has 1 N–H and O–H groups in total. The van der Waals surface area contributed by atoms with Crippen LogP contribution >= 0.6 is 0 Å². The minimum absolute atomic E-state index is 0.0322. The van der Waals surface area contributed by atoms with Crippen LogP contribution in [0.25, 0.3) is 0 Å². The summed E-state index contributed by atoms with van der Waals surface area (Å²) in [6, 6.07) is 9.25. The fourth-order valence-electron chi connectivity index (χ4n) is 2.71. The molecule has 2 aromatic rings. The van der Waals surface area contributed by atoms with Gasteiger partial charge in [-0.05, 0) is 18.6 Å². The maximum Gasteiger partial charge on any atom is 0.356 e. The van der Waals surface area contributed by atoms with E-state index in [2.05, 4.69) is 9.97 Å². The van der Waals surface area contributed by atoms with Gasteiger partial charge in [0.25, 0.3) is 5.91 Å². The minimum atomic E-state index is -1.09. The van der Waals surface area contributed by atoms with E-state index in [1.165, 1.54) is 12.4 Å². The van der Waals surface area contributed by atoms with E-state index in [1.54, 1.807) is 0 Å². The maximum atomic E-state index is 12.5. The SMILES string of the molecule is O=C(O)c1cnc(N2CCCN(C(=O)c3ccccc3)CC2)cn1. The summed E-state index contributed by atoms with van der Waals surface area (Å²) in [7, 11) is 0. The molecule has 1 aromatic carbocycles. The van der Waals surface area contributed by atoms with Gasteiger partial charge >= 0.3 is 5.97 Å². The molecule has 0 radical (unpaired) electrons. The van der Waals surface area contributed by atoms with E-state index in [9.17, 15) is 9.59 Å². The number of anilines is 1. The third-order valence-electron chi connectivity index (χ3n) is 3.99. The molecule has 1 fully saturated rings. The minimum Gasteiger partial charge on any atom is -0.476 e. The van der Waals surface area contributed by atoms with E-state index in [4.69, 9.17) is 5.11 Å². The van der Waals surface area contributed by atoms with E-state index < -0.39 is 5.97 Å². The predicted molar refractivity (Wildman–Crippen MR) is 88.2 cm³/mol. The molecule has 3 rings (SSSR count). The van der Waals surface area contributed by atoms with Crippen LogP contribution in [0.1, 0.15) is 27.3 Å². The normalized spacial score (nSPS) is 15.0. The summed E-state index contributed by atoms with van der Waals surface area (Å²) in [6.45, 7) is 2.67. The molecule has 7 heteroatoms. The van der Waals surface area contributed by atoms with Gasteiger partial charge in [0.05, 0.1) is 12.4 Å². The van der Waals surface area contributed by atoms with Crippen LogP contribution in [0.2, 0.25) is 0 Å². The van der Waals surface area contributed by atoms with Gasteiger partial charge in [-0.2, -0.15) is 0 Å². The van der Waals surface area contributed by atoms with Gasteiger partial charge in [0, 0.05) is 31.7 Å². The Morgan fingerprint density at radius 3 is 2.42 bits per heavy atom. The Kier molecular flexibility index (Phi) is 4.69. The molecule has 124 valence electrons. The molecule has 7 nitrogen and oxygen atoms in total. The number of rotatable bonds is 3. The van der Waals surface area contributed by atoms with Crippen LogP contribution in [-0.4, -0.2) is 58.0 Å². The highest BCUT2D eigenvalue weighted by Gasteiger charge is 2.21. The van der Waals surface area contributed by atoms with Crippen molar-refractivity contribution < 1.29 is 14.7 Å². The molecule has 1 amide bonds. The number of aromatic carboxylic acids is 1. The van der Waals surface area contributed by atoms with Crippen LogP contribution in [0.5, 0.6) is 0 Å². The molecule has 24 heavy (non-hydrogen) atoms. The van der Waals surface area contributed by atoms with Crippen molar-refractivity contribution in [3.05, 3.63) is 54.0 Å². The first-order chi connectivity index (χ1) is 11.6. The predicted octanol–water partition coefficient (Wildman–Crippen LogP) is 1.53. The summed E-state index contributed by atoms with van der Waals surface area (Å²) < 4.78 is 0. The Bertz CT molecular complexity index is 718. The van der Waals surface area contributed by atoms with Crippen LogP contribution in [0.3, 0.4) is 0 Å². The zero-order chi connectivity index (χ0) is 16.9. The van der Waals surface area contributed by atoms with Crippen molar-refractivity contribution in [2.24, 2.45) is 0 Å². The number of hydrogen-bond donors (Lipinski definition) is 1. The summed E-state index contributed by atoms with van der Waals surface area (Å²) in [5, 5.41) is 8.87. The zero-order valence-corrected chi connectivity index (χ0v) is 13.1. The van der Waals surface area contributed by atoms with E-state index in [0.717, 1.165) is 13.0 Å². The Morgan fingerprint density at radius 2 is 1.75 bits per heavy atom. The molecule has 1 aromatic heterocycles. The molecule has 1 aliphatic heterocycles. The number of carbonyl (C=O) groups excluding carboxylic acids is 1. The molecule has 1 aliphatic rings. The lowest BCUT2D eigenvalue weighted by molar-refractivity contribution is 0.0689. The standard InChI is InChI=1S/C17H18N4O3/c22-16(13-5-2-1-3-6-13)21-8-4-7-20(9-10-21)15-12-18-14(11-19-15)17(23)24/h1-3,5-6,11-12H,4,7-10H2,(H,23,24). The molecule has 0 spiro atoms. The molecule has 0 aliphatic carbocycles. The third kappa shape index (κ3) is 3.51. The second-order valence-electron chi connectivity index (χ2n) is 5.56. The van der Waals surface area contributed by atoms with E-state index >= 15 is 0 Å². The molecule has 2 heterocycles. The lowest BCUT2D eigenvalue weighted by Crippen LogP contribution is -2.35. The molecule has 0 saturated carbocycles. The first kappa shape index (κ1) is 15.9. The fourth-order valence-corrected chi connectivity index (χ4v) is 2.71. The van der Waals surface area contributed by atoms with Gasteiger partial charge < -0.3 is 14.9 Å². The number of nitrogens with zero attached hydrogens (tertiary/aromatic N) is 4. The summed E-state index contributed by atoms with van der Waals surface area (Å²) in [4.78, 5) is 35.3. The molecular formula is C17H18N4O3. The van der Waals surface area contributed by atoms with Gasteiger partial charge in [-0.25, -0.2) is 14.8 Å². The van der Waals surface area contributed by atoms with Crippen molar-refractivity contribution in [2.75, 3.05) is 31.1 Å². The summed E-state index contributed by atoms with van der Waals surface area (Å²) >= 11 is 0. The van der Waals surface area contributed by atoms with Crippen LogP contribution < -0.4 is 4.90 Å². The summed E-state index contributed by atoms with van der Waals surface area (Å²) in [5.74, 6) is -0.427. The first-order valence-electron chi connectivity index (χ1n) is 7.80. The Morgan fingerprint density at radius 1 is 0.958 bits per heavy atom. The van der Waals surface area contributed by atoms with E-state index in [1.807, 2.05) is 40.1 Å². The van der Waals surface area contributed by atoms with Crippen LogP contribution in [0, 0.1) is 0 Å². The monoisotopic (exact) mass is 326 g/mol. The maximum absolute atomic E-state index is 12.5. The lowest BCUT2D eigenvalue weighted by Gasteiger charge is -2.22. The van der Waals surface area contributed by atoms with E-state index in [0.29, 0.717) is 31.0 Å². The molecule has 1 saturated heterocycles. The van der Waals surface area contributed by atoms with Crippen LogP contribution in [-0.2, 0) is 0 Å². The second-order valence-corrected chi connectivity index (χ2v) is 5.56. The Labute approximate surface area is 139 Å². The number of hydrogen-bond acceptors (Lipinski definition) is 5. The number of aromatic nitrogens is 2. The van der Waals surface area contributed by atoms with Crippen LogP contribution in [0.15, 0.2) is 42.7 Å². The average Bonchev–Trinajstić information content (AvgIpc) is 2.88. The highest BCUT2D eigenvalue weighted by molar-refractivity contribution is 5.94. The average molecular weight is 326 g/mol. The topological polar surface area (TPSA) is 86.6 Å².